The van der Waals surface area contributed by atoms with E-state index in [1.807, 2.05) is 0 Å². The van der Waals surface area contributed by atoms with E-state index in [9.17, 15) is 0 Å². The van der Waals surface area contributed by atoms with Crippen molar-refractivity contribution in [2.75, 3.05) is 4.90 Å². The van der Waals surface area contributed by atoms with Crippen LogP contribution >= 0.6 is 0 Å². The van der Waals surface area contributed by atoms with E-state index in [0.29, 0.717) is 11.3 Å². The van der Waals surface area contributed by atoms with Gasteiger partial charge >= 0.3 is 0 Å². The minimum Gasteiger partial charge on any atom is -0.309 e. The molecule has 5 fully saturated rings. The summed E-state index contributed by atoms with van der Waals surface area (Å²) >= 11 is 0. The molecule has 1 nitrogen and oxygen atoms in total. The Morgan fingerprint density at radius 3 is 1.68 bits per heavy atom. The molecule has 0 amide bonds. The van der Waals surface area contributed by atoms with Crippen LogP contribution < -0.4 is 4.90 Å². The largest absolute Gasteiger partial charge is 0.309 e. The first-order chi connectivity index (χ1) is 30.8. The van der Waals surface area contributed by atoms with Crippen molar-refractivity contribution in [3.8, 4) is 44.5 Å². The van der Waals surface area contributed by atoms with Crippen LogP contribution in [0.5, 0.6) is 0 Å². The fourth-order valence-electron chi connectivity index (χ4n) is 15.2. The van der Waals surface area contributed by atoms with Crippen LogP contribution in [0.2, 0.25) is 0 Å². The second-order valence-electron chi connectivity index (χ2n) is 19.7. The Morgan fingerprint density at radius 1 is 0.403 bits per heavy atom. The third kappa shape index (κ3) is 4.49. The lowest BCUT2D eigenvalue weighted by atomic mass is 9.11. The first kappa shape index (κ1) is 35.4. The standard InChI is InChI=1S/C61H51N/c1-3-17-39(18-4-1)45-23-8-12-30-54(45)62(56-32-14-10-26-50(56)51-28-16-22-41-21-15-27-47(59(41)51)40-19-5-2-6-20-40)55-31-13-9-24-46(55)42-33-34-49-48-25-7-11-29-52(48)61(53(49)35-42)57-37-43-36-44-38-58(61)60(43,44)57/h1,3-4,7-18,21-35,40,43-44,57-58H,2,5-6,19-20,36-38H2. The molecule has 5 saturated carbocycles. The van der Waals surface area contributed by atoms with E-state index in [1.165, 1.54) is 129 Å². The van der Waals surface area contributed by atoms with Crippen molar-refractivity contribution >= 4 is 27.8 Å². The summed E-state index contributed by atoms with van der Waals surface area (Å²) in [5.74, 6) is 4.16. The van der Waals surface area contributed by atoms with Gasteiger partial charge in [-0.1, -0.05) is 177 Å². The summed E-state index contributed by atoms with van der Waals surface area (Å²) in [5.41, 5.74) is 19.8. The Kier molecular flexibility index (Phi) is 7.52. The molecule has 6 aliphatic rings. The second kappa shape index (κ2) is 13.2. The van der Waals surface area contributed by atoms with Gasteiger partial charge < -0.3 is 4.90 Å². The van der Waals surface area contributed by atoms with Crippen molar-refractivity contribution < 1.29 is 0 Å². The minimum atomic E-state index is 0.168. The third-order valence-electron chi connectivity index (χ3n) is 17.6. The molecule has 0 bridgehead atoms. The van der Waals surface area contributed by atoms with Gasteiger partial charge in [0.2, 0.25) is 0 Å². The van der Waals surface area contributed by atoms with E-state index < -0.39 is 0 Å². The molecule has 0 saturated heterocycles. The summed E-state index contributed by atoms with van der Waals surface area (Å²) in [6, 6.07) is 69.7. The number of para-hydroxylation sites is 3. The number of hydrogen-bond acceptors (Lipinski definition) is 1. The van der Waals surface area contributed by atoms with Crippen LogP contribution in [0.25, 0.3) is 55.3 Å². The number of benzene rings is 8. The predicted octanol–water partition coefficient (Wildman–Crippen LogP) is 16.3. The zero-order valence-corrected chi connectivity index (χ0v) is 35.3. The van der Waals surface area contributed by atoms with Crippen LogP contribution in [0.15, 0.2) is 182 Å². The van der Waals surface area contributed by atoms with Gasteiger partial charge in [0.15, 0.2) is 0 Å². The van der Waals surface area contributed by atoms with Gasteiger partial charge in [0.05, 0.1) is 17.1 Å². The maximum atomic E-state index is 2.66. The normalized spacial score (nSPS) is 25.9. The highest BCUT2D eigenvalue weighted by atomic mass is 15.1. The number of rotatable bonds is 7. The molecule has 2 spiro atoms. The fraction of sp³-hybridized carbons (Fsp3) is 0.246. The lowest BCUT2D eigenvalue weighted by molar-refractivity contribution is -0.412. The van der Waals surface area contributed by atoms with E-state index in [0.717, 1.165) is 23.7 Å². The summed E-state index contributed by atoms with van der Waals surface area (Å²) in [5, 5.41) is 2.75. The first-order valence-electron chi connectivity index (χ1n) is 23.7. The first-order valence-corrected chi connectivity index (χ1v) is 23.7. The average molecular weight is 798 g/mol. The zero-order valence-electron chi connectivity index (χ0n) is 35.3. The number of anilines is 3. The number of fused-ring (bicyclic) bond motifs is 8. The van der Waals surface area contributed by atoms with Gasteiger partial charge in [-0.3, -0.25) is 0 Å². The molecule has 0 heterocycles. The van der Waals surface area contributed by atoms with E-state index in [2.05, 4.69) is 187 Å². The van der Waals surface area contributed by atoms with Gasteiger partial charge in [-0.2, -0.15) is 0 Å². The summed E-state index contributed by atoms with van der Waals surface area (Å²) in [6.45, 7) is 0. The molecule has 62 heavy (non-hydrogen) atoms. The van der Waals surface area contributed by atoms with Crippen LogP contribution in [0.1, 0.15) is 74.0 Å². The third-order valence-corrected chi connectivity index (χ3v) is 17.6. The van der Waals surface area contributed by atoms with Gasteiger partial charge in [-0.25, -0.2) is 0 Å². The average Bonchev–Trinajstić information content (AvgIpc) is 3.61. The highest BCUT2D eigenvalue weighted by molar-refractivity contribution is 6.05. The van der Waals surface area contributed by atoms with Crippen LogP contribution in [0.3, 0.4) is 0 Å². The van der Waals surface area contributed by atoms with Gasteiger partial charge in [0.25, 0.3) is 0 Å². The topological polar surface area (TPSA) is 3.24 Å². The SMILES string of the molecule is c1ccc(-c2ccccc2N(c2ccccc2-c2ccc3c(c2)C2(c4ccccc4-3)C3CC4CC5CC2C453)c2ccccc2-c2cccc3cccc(C4CCCCC4)c23)cc1. The quantitative estimate of drug-likeness (QED) is 0.155. The highest BCUT2D eigenvalue weighted by Crippen LogP contribution is 2.94. The molecule has 4 unspecified atom stereocenters. The van der Waals surface area contributed by atoms with Gasteiger partial charge in [0, 0.05) is 22.1 Å². The summed E-state index contributed by atoms with van der Waals surface area (Å²) < 4.78 is 0. The van der Waals surface area contributed by atoms with Crippen LogP contribution in [0.4, 0.5) is 17.1 Å². The van der Waals surface area contributed by atoms with Crippen LogP contribution in [-0.4, -0.2) is 0 Å². The minimum absolute atomic E-state index is 0.168. The Morgan fingerprint density at radius 2 is 0.968 bits per heavy atom. The highest BCUT2D eigenvalue weighted by Gasteiger charge is 2.90. The maximum Gasteiger partial charge on any atom is 0.0540 e. The predicted molar refractivity (Wildman–Crippen MR) is 257 cm³/mol. The molecule has 8 aromatic rings. The molecule has 6 aliphatic carbocycles. The van der Waals surface area contributed by atoms with Crippen LogP contribution in [-0.2, 0) is 5.41 Å². The summed E-state index contributed by atoms with van der Waals surface area (Å²) in [4.78, 5) is 2.60. The van der Waals surface area contributed by atoms with E-state index in [1.54, 1.807) is 11.1 Å². The molecule has 14 rings (SSSR count). The van der Waals surface area contributed by atoms with Crippen molar-refractivity contribution in [1.29, 1.82) is 0 Å². The van der Waals surface area contributed by atoms with E-state index in [-0.39, 0.29) is 5.41 Å². The van der Waals surface area contributed by atoms with Crippen molar-refractivity contribution in [2.24, 2.45) is 29.1 Å². The Bertz CT molecular complexity index is 3070. The molecule has 0 radical (unpaired) electrons. The van der Waals surface area contributed by atoms with E-state index in [4.69, 9.17) is 0 Å². The molecular formula is C61H51N. The molecule has 0 aromatic heterocycles. The maximum absolute atomic E-state index is 2.66. The van der Waals surface area contributed by atoms with Crippen LogP contribution in [0, 0.1) is 29.1 Å². The molecule has 300 valence electrons. The molecule has 1 heteroatoms. The van der Waals surface area contributed by atoms with E-state index >= 15 is 0 Å². The molecular weight excluding hydrogens is 747 g/mol. The second-order valence-corrected chi connectivity index (χ2v) is 19.7. The lowest BCUT2D eigenvalue weighted by Crippen LogP contribution is -2.88. The van der Waals surface area contributed by atoms with Crippen molar-refractivity contribution in [1.82, 2.24) is 0 Å². The van der Waals surface area contributed by atoms with Gasteiger partial charge in [0.1, 0.15) is 0 Å². The Hall–Kier alpha value is -6.18. The van der Waals surface area contributed by atoms with Gasteiger partial charge in [-0.15, -0.1) is 0 Å². The lowest BCUT2D eigenvalue weighted by Gasteiger charge is -2.92. The number of hydrogen-bond donors (Lipinski definition) is 0. The number of nitrogens with zero attached hydrogens (tertiary/aromatic N) is 1. The molecule has 4 atom stereocenters. The molecule has 8 aromatic carbocycles. The zero-order chi connectivity index (χ0) is 40.6. The Labute approximate surface area is 366 Å². The fourth-order valence-corrected chi connectivity index (χ4v) is 15.2. The van der Waals surface area contributed by atoms with Crippen molar-refractivity contribution in [2.45, 2.75) is 62.7 Å². The molecule has 0 aliphatic heterocycles. The smallest absolute Gasteiger partial charge is 0.0540 e. The Balaban J connectivity index is 0.989. The monoisotopic (exact) mass is 797 g/mol. The summed E-state index contributed by atoms with van der Waals surface area (Å²) in [7, 11) is 0. The summed E-state index contributed by atoms with van der Waals surface area (Å²) in [6.07, 6.45) is 10.9. The molecule has 0 N–H and O–H groups in total. The van der Waals surface area contributed by atoms with Crippen molar-refractivity contribution in [3.05, 3.63) is 199 Å². The van der Waals surface area contributed by atoms with Crippen molar-refractivity contribution in [3.63, 3.8) is 0 Å². The van der Waals surface area contributed by atoms with Gasteiger partial charge in [-0.05, 0) is 147 Å².